The minimum absolute atomic E-state index is 0. The molecule has 0 aliphatic rings. The Labute approximate surface area is 184 Å². The highest BCUT2D eigenvalue weighted by atomic mass is 127. The van der Waals surface area contributed by atoms with Gasteiger partial charge in [-0.1, -0.05) is 36.4 Å². The lowest BCUT2D eigenvalue weighted by atomic mass is 10.2. The third kappa shape index (κ3) is 7.64. The van der Waals surface area contributed by atoms with Gasteiger partial charge in [0.15, 0.2) is 5.96 Å². The number of halogens is 1. The number of ether oxygens (including phenoxy) is 1. The molecule has 28 heavy (non-hydrogen) atoms. The molecule has 0 bridgehead atoms. The Morgan fingerprint density at radius 3 is 2.36 bits per heavy atom. The number of rotatable bonds is 9. The Morgan fingerprint density at radius 1 is 1.00 bits per heavy atom. The number of para-hydroxylation sites is 1. The molecule has 0 atom stereocenters. The lowest BCUT2D eigenvalue weighted by Crippen LogP contribution is -2.41. The highest BCUT2D eigenvalue weighted by Crippen LogP contribution is 2.17. The van der Waals surface area contributed by atoms with Gasteiger partial charge >= 0.3 is 0 Å². The van der Waals surface area contributed by atoms with Crippen LogP contribution in [0.25, 0.3) is 0 Å². The molecule has 0 radical (unpaired) electrons. The van der Waals surface area contributed by atoms with Crippen LogP contribution in [0.15, 0.2) is 64.5 Å². The van der Waals surface area contributed by atoms with Crippen LogP contribution in [0, 0.1) is 0 Å². The monoisotopic (exact) mass is 518 g/mol. The van der Waals surface area contributed by atoms with E-state index in [1.54, 1.807) is 37.4 Å². The summed E-state index contributed by atoms with van der Waals surface area (Å²) in [7, 11) is -1.83. The molecule has 0 aromatic heterocycles. The molecule has 3 N–H and O–H groups in total. The summed E-state index contributed by atoms with van der Waals surface area (Å²) < 4.78 is 32.5. The minimum atomic E-state index is -3.50. The van der Waals surface area contributed by atoms with E-state index in [1.807, 2.05) is 31.2 Å². The molecule has 2 rings (SSSR count). The van der Waals surface area contributed by atoms with E-state index in [-0.39, 0.29) is 35.4 Å². The van der Waals surface area contributed by atoms with Gasteiger partial charge in [0.25, 0.3) is 0 Å². The van der Waals surface area contributed by atoms with Gasteiger partial charge in [-0.25, -0.2) is 13.1 Å². The average Bonchev–Trinajstić information content (AvgIpc) is 2.69. The van der Waals surface area contributed by atoms with Crippen molar-refractivity contribution in [3.63, 3.8) is 0 Å². The van der Waals surface area contributed by atoms with Gasteiger partial charge in [0.2, 0.25) is 10.0 Å². The smallest absolute Gasteiger partial charge is 0.240 e. The predicted octanol–water partition coefficient (Wildman–Crippen LogP) is 2.35. The highest BCUT2D eigenvalue weighted by Gasteiger charge is 2.12. The molecule has 2 aromatic rings. The van der Waals surface area contributed by atoms with E-state index in [9.17, 15) is 8.42 Å². The molecule has 0 aliphatic carbocycles. The van der Waals surface area contributed by atoms with Crippen LogP contribution in [0.5, 0.6) is 5.75 Å². The summed E-state index contributed by atoms with van der Waals surface area (Å²) in [6.45, 7) is 3.74. The summed E-state index contributed by atoms with van der Waals surface area (Å²) in [4.78, 5) is 4.40. The van der Waals surface area contributed by atoms with Crippen molar-refractivity contribution < 1.29 is 13.2 Å². The third-order valence-corrected chi connectivity index (χ3v) is 5.18. The summed E-state index contributed by atoms with van der Waals surface area (Å²) in [5.41, 5.74) is 1.02. The lowest BCUT2D eigenvalue weighted by molar-refractivity contribution is 0.336. The maximum atomic E-state index is 12.2. The fraction of sp³-hybridized carbons (Fsp3) is 0.316. The first-order chi connectivity index (χ1) is 13.1. The molecule has 0 unspecified atom stereocenters. The number of benzene rings is 2. The Kier molecular flexibility index (Phi) is 10.9. The number of aliphatic imine (C=N–C) groups is 1. The van der Waals surface area contributed by atoms with E-state index in [0.29, 0.717) is 25.7 Å². The summed E-state index contributed by atoms with van der Waals surface area (Å²) in [5.74, 6) is 1.42. The molecular formula is C19H27IN4O3S. The van der Waals surface area contributed by atoms with Crippen LogP contribution in [0.2, 0.25) is 0 Å². The largest absolute Gasteiger partial charge is 0.494 e. The standard InChI is InChI=1S/C19H26N4O3S.HI/c1-3-26-18-12-8-7-9-16(18)15-22-19(20-2)21-13-14-23-27(24,25)17-10-5-4-6-11-17;/h4-12,23H,3,13-15H2,1-2H3,(H2,20,21,22);1H. The number of nitrogens with one attached hydrogen (secondary N) is 3. The zero-order valence-corrected chi connectivity index (χ0v) is 19.2. The molecule has 0 heterocycles. The van der Waals surface area contributed by atoms with Crippen LogP contribution in [0.1, 0.15) is 12.5 Å². The van der Waals surface area contributed by atoms with Crippen molar-refractivity contribution in [1.29, 1.82) is 0 Å². The number of guanidine groups is 1. The quantitative estimate of drug-likeness (QED) is 0.205. The van der Waals surface area contributed by atoms with Crippen LogP contribution in [0.4, 0.5) is 0 Å². The molecule has 2 aromatic carbocycles. The van der Waals surface area contributed by atoms with Crippen molar-refractivity contribution in [2.45, 2.75) is 18.4 Å². The van der Waals surface area contributed by atoms with E-state index < -0.39 is 10.0 Å². The van der Waals surface area contributed by atoms with Crippen molar-refractivity contribution in [3.05, 3.63) is 60.2 Å². The van der Waals surface area contributed by atoms with Gasteiger partial charge in [-0.3, -0.25) is 4.99 Å². The van der Waals surface area contributed by atoms with Gasteiger partial charge < -0.3 is 15.4 Å². The van der Waals surface area contributed by atoms with Gasteiger partial charge in [-0.15, -0.1) is 24.0 Å². The molecular weight excluding hydrogens is 491 g/mol. The van der Waals surface area contributed by atoms with Crippen LogP contribution < -0.4 is 20.1 Å². The molecule has 154 valence electrons. The summed E-state index contributed by atoms with van der Waals surface area (Å²) in [6.07, 6.45) is 0. The Hall–Kier alpha value is -1.85. The molecule has 9 heteroatoms. The second kappa shape index (κ2) is 12.6. The molecule has 0 saturated heterocycles. The first-order valence-corrected chi connectivity index (χ1v) is 10.2. The van der Waals surface area contributed by atoms with E-state index >= 15 is 0 Å². The van der Waals surface area contributed by atoms with E-state index in [2.05, 4.69) is 20.3 Å². The Bertz CT molecular complexity index is 845. The minimum Gasteiger partial charge on any atom is -0.494 e. The molecule has 0 saturated carbocycles. The summed E-state index contributed by atoms with van der Waals surface area (Å²) in [5, 5.41) is 6.28. The zero-order valence-electron chi connectivity index (χ0n) is 16.0. The number of nitrogens with zero attached hydrogens (tertiary/aromatic N) is 1. The molecule has 0 amide bonds. The maximum absolute atomic E-state index is 12.2. The van der Waals surface area contributed by atoms with Crippen LogP contribution in [0.3, 0.4) is 0 Å². The van der Waals surface area contributed by atoms with Crippen LogP contribution in [-0.4, -0.2) is 41.1 Å². The van der Waals surface area contributed by atoms with Crippen molar-refractivity contribution in [2.75, 3.05) is 26.7 Å². The average molecular weight is 518 g/mol. The topological polar surface area (TPSA) is 91.8 Å². The van der Waals surface area contributed by atoms with E-state index in [1.165, 1.54) is 0 Å². The Balaban J connectivity index is 0.00000392. The third-order valence-electron chi connectivity index (χ3n) is 3.71. The second-order valence-electron chi connectivity index (χ2n) is 5.60. The van der Waals surface area contributed by atoms with Gasteiger partial charge in [0.05, 0.1) is 11.5 Å². The first-order valence-electron chi connectivity index (χ1n) is 8.76. The molecule has 0 spiro atoms. The maximum Gasteiger partial charge on any atom is 0.240 e. The van der Waals surface area contributed by atoms with Gasteiger partial charge in [-0.2, -0.15) is 0 Å². The number of sulfonamides is 1. The first kappa shape index (κ1) is 24.2. The van der Waals surface area contributed by atoms with E-state index in [4.69, 9.17) is 4.74 Å². The van der Waals surface area contributed by atoms with Gasteiger partial charge in [-0.05, 0) is 25.1 Å². The normalized spacial score (nSPS) is 11.4. The molecule has 7 nitrogen and oxygen atoms in total. The predicted molar refractivity (Wildman–Crippen MR) is 123 cm³/mol. The lowest BCUT2D eigenvalue weighted by Gasteiger charge is -2.14. The fourth-order valence-electron chi connectivity index (χ4n) is 2.40. The fourth-order valence-corrected chi connectivity index (χ4v) is 3.45. The van der Waals surface area contributed by atoms with Crippen LogP contribution in [-0.2, 0) is 16.6 Å². The Morgan fingerprint density at radius 2 is 1.68 bits per heavy atom. The van der Waals surface area contributed by atoms with Crippen molar-refractivity contribution in [3.8, 4) is 5.75 Å². The van der Waals surface area contributed by atoms with Gasteiger partial charge in [0, 0.05) is 32.2 Å². The van der Waals surface area contributed by atoms with Crippen molar-refractivity contribution in [2.24, 2.45) is 4.99 Å². The van der Waals surface area contributed by atoms with Crippen molar-refractivity contribution in [1.82, 2.24) is 15.4 Å². The molecule has 0 aliphatic heterocycles. The summed E-state index contributed by atoms with van der Waals surface area (Å²) in [6, 6.07) is 16.1. The SMILES string of the molecule is CCOc1ccccc1CNC(=NC)NCCNS(=O)(=O)c1ccccc1.I. The van der Waals surface area contributed by atoms with Crippen LogP contribution >= 0.6 is 24.0 Å². The molecule has 0 fully saturated rings. The second-order valence-corrected chi connectivity index (χ2v) is 7.37. The number of hydrogen-bond acceptors (Lipinski definition) is 4. The summed E-state index contributed by atoms with van der Waals surface area (Å²) >= 11 is 0. The van der Waals surface area contributed by atoms with Gasteiger partial charge in [0.1, 0.15) is 5.75 Å². The number of hydrogen-bond donors (Lipinski definition) is 3. The van der Waals surface area contributed by atoms with E-state index in [0.717, 1.165) is 11.3 Å². The highest BCUT2D eigenvalue weighted by molar-refractivity contribution is 14.0. The zero-order chi connectivity index (χ0) is 19.5. The van der Waals surface area contributed by atoms with Crippen molar-refractivity contribution >= 4 is 40.0 Å².